The molecule has 0 aliphatic carbocycles. The molecule has 1 aliphatic heterocycles. The maximum atomic E-state index is 11.7. The average molecular weight is 266 g/mol. The summed E-state index contributed by atoms with van der Waals surface area (Å²) in [7, 11) is -3.15. The van der Waals surface area contributed by atoms with Gasteiger partial charge in [0.1, 0.15) is 9.84 Å². The highest BCUT2D eigenvalue weighted by atomic mass is 32.2. The standard InChI is InChI=1S/C9H18N2O5S/c1-17(15,16)3-2-6(10)9(14)11-4-7(12)8(13)5-11/h6-8,12-13H,2-5,10H2,1H3. The zero-order chi connectivity index (χ0) is 13.2. The van der Waals surface area contributed by atoms with Crippen LogP contribution >= 0.6 is 0 Å². The van der Waals surface area contributed by atoms with Gasteiger partial charge in [0.25, 0.3) is 0 Å². The fourth-order valence-electron chi connectivity index (χ4n) is 1.65. The van der Waals surface area contributed by atoms with Gasteiger partial charge in [-0.1, -0.05) is 0 Å². The van der Waals surface area contributed by atoms with Crippen molar-refractivity contribution in [1.29, 1.82) is 0 Å². The van der Waals surface area contributed by atoms with E-state index in [-0.39, 0.29) is 25.3 Å². The summed E-state index contributed by atoms with van der Waals surface area (Å²) in [4.78, 5) is 13.0. The van der Waals surface area contributed by atoms with Crippen LogP contribution < -0.4 is 5.73 Å². The van der Waals surface area contributed by atoms with Crippen molar-refractivity contribution in [2.24, 2.45) is 5.73 Å². The van der Waals surface area contributed by atoms with Gasteiger partial charge >= 0.3 is 0 Å². The van der Waals surface area contributed by atoms with E-state index in [9.17, 15) is 23.4 Å². The summed E-state index contributed by atoms with van der Waals surface area (Å²) in [5.41, 5.74) is 5.58. The minimum Gasteiger partial charge on any atom is -0.388 e. The highest BCUT2D eigenvalue weighted by Gasteiger charge is 2.34. The molecule has 0 aromatic rings. The van der Waals surface area contributed by atoms with Crippen molar-refractivity contribution in [1.82, 2.24) is 4.90 Å². The van der Waals surface area contributed by atoms with E-state index in [2.05, 4.69) is 0 Å². The zero-order valence-electron chi connectivity index (χ0n) is 9.61. The Morgan fingerprint density at radius 1 is 1.41 bits per heavy atom. The minimum atomic E-state index is -3.15. The quantitative estimate of drug-likeness (QED) is 0.509. The first-order valence-electron chi connectivity index (χ1n) is 5.29. The number of rotatable bonds is 4. The summed E-state index contributed by atoms with van der Waals surface area (Å²) >= 11 is 0. The van der Waals surface area contributed by atoms with Gasteiger partial charge in [-0.15, -0.1) is 0 Å². The second kappa shape index (κ2) is 5.30. The van der Waals surface area contributed by atoms with Crippen LogP contribution in [0, 0.1) is 0 Å². The van der Waals surface area contributed by atoms with Crippen molar-refractivity contribution in [2.75, 3.05) is 25.1 Å². The smallest absolute Gasteiger partial charge is 0.239 e. The maximum Gasteiger partial charge on any atom is 0.239 e. The number of hydrogen-bond acceptors (Lipinski definition) is 6. The number of aliphatic hydroxyl groups is 2. The average Bonchev–Trinajstić information content (AvgIpc) is 2.53. The zero-order valence-corrected chi connectivity index (χ0v) is 10.4. The molecule has 0 radical (unpaired) electrons. The minimum absolute atomic E-state index is 0.0343. The number of sulfone groups is 1. The van der Waals surface area contributed by atoms with E-state index in [4.69, 9.17) is 5.73 Å². The third-order valence-electron chi connectivity index (χ3n) is 2.69. The predicted octanol–water partition coefficient (Wildman–Crippen LogP) is -2.69. The van der Waals surface area contributed by atoms with Crippen molar-refractivity contribution in [3.63, 3.8) is 0 Å². The van der Waals surface area contributed by atoms with Gasteiger partial charge in [0.2, 0.25) is 5.91 Å². The molecule has 8 heteroatoms. The van der Waals surface area contributed by atoms with E-state index >= 15 is 0 Å². The monoisotopic (exact) mass is 266 g/mol. The molecule has 3 atom stereocenters. The van der Waals surface area contributed by atoms with Crippen LogP contribution in [0.4, 0.5) is 0 Å². The van der Waals surface area contributed by atoms with E-state index in [0.29, 0.717) is 0 Å². The number of likely N-dealkylation sites (tertiary alicyclic amines) is 1. The number of β-amino-alcohol motifs (C(OH)–C–C–N with tert-alkyl or cyclic N) is 2. The lowest BCUT2D eigenvalue weighted by Gasteiger charge is -2.19. The Labute approximate surface area is 100 Å². The SMILES string of the molecule is CS(=O)(=O)CCC(N)C(=O)N1CC(O)C(O)C1. The Kier molecular flexibility index (Phi) is 4.48. The topological polar surface area (TPSA) is 121 Å². The van der Waals surface area contributed by atoms with Crippen molar-refractivity contribution < 1.29 is 23.4 Å². The Morgan fingerprint density at radius 3 is 2.29 bits per heavy atom. The Morgan fingerprint density at radius 2 is 1.88 bits per heavy atom. The molecular formula is C9H18N2O5S. The summed E-state index contributed by atoms with van der Waals surface area (Å²) in [6.45, 7) is 0.0686. The van der Waals surface area contributed by atoms with Crippen LogP contribution in [-0.4, -0.2) is 72.8 Å². The summed E-state index contributed by atoms with van der Waals surface area (Å²) in [5.74, 6) is -0.594. The molecule has 7 nitrogen and oxygen atoms in total. The summed E-state index contributed by atoms with van der Waals surface area (Å²) in [6.07, 6.45) is -0.796. The van der Waals surface area contributed by atoms with Gasteiger partial charge in [-0.3, -0.25) is 4.79 Å². The Hall–Kier alpha value is -0.700. The summed E-state index contributed by atoms with van der Waals surface area (Å²) < 4.78 is 21.8. The van der Waals surface area contributed by atoms with Crippen LogP contribution in [0.25, 0.3) is 0 Å². The van der Waals surface area contributed by atoms with E-state index in [1.807, 2.05) is 0 Å². The van der Waals surface area contributed by atoms with E-state index in [1.165, 1.54) is 4.90 Å². The van der Waals surface area contributed by atoms with Gasteiger partial charge in [-0.2, -0.15) is 0 Å². The molecular weight excluding hydrogens is 248 g/mol. The first-order chi connectivity index (χ1) is 7.70. The van der Waals surface area contributed by atoms with Gasteiger partial charge in [0.05, 0.1) is 24.0 Å². The predicted molar refractivity (Wildman–Crippen MR) is 60.9 cm³/mol. The third-order valence-corrected chi connectivity index (χ3v) is 3.66. The van der Waals surface area contributed by atoms with E-state index in [1.54, 1.807) is 0 Å². The van der Waals surface area contributed by atoms with Gasteiger partial charge in [0.15, 0.2) is 0 Å². The van der Waals surface area contributed by atoms with Gasteiger partial charge in [-0.25, -0.2) is 8.42 Å². The number of amides is 1. The molecule has 1 fully saturated rings. The van der Waals surface area contributed by atoms with Crippen LogP contribution in [0.15, 0.2) is 0 Å². The number of carbonyl (C=O) groups excluding carboxylic acids is 1. The Balaban J connectivity index is 2.48. The molecule has 4 N–H and O–H groups in total. The molecule has 0 aromatic heterocycles. The van der Waals surface area contributed by atoms with Crippen molar-refractivity contribution in [2.45, 2.75) is 24.7 Å². The fourth-order valence-corrected chi connectivity index (χ4v) is 2.33. The first kappa shape index (κ1) is 14.4. The molecule has 0 spiro atoms. The van der Waals surface area contributed by atoms with Gasteiger partial charge in [0, 0.05) is 19.3 Å². The lowest BCUT2D eigenvalue weighted by Crippen LogP contribution is -2.44. The number of nitrogens with two attached hydrogens (primary N) is 1. The van der Waals surface area contributed by atoms with E-state index in [0.717, 1.165) is 6.26 Å². The first-order valence-corrected chi connectivity index (χ1v) is 7.35. The van der Waals surface area contributed by atoms with Crippen molar-refractivity contribution in [3.05, 3.63) is 0 Å². The molecule has 1 amide bonds. The molecule has 1 rings (SSSR count). The third kappa shape index (κ3) is 4.23. The van der Waals surface area contributed by atoms with Crippen LogP contribution in [0.1, 0.15) is 6.42 Å². The number of nitrogens with zero attached hydrogens (tertiary/aromatic N) is 1. The molecule has 1 saturated heterocycles. The normalized spacial score (nSPS) is 27.2. The summed E-state index contributed by atoms with van der Waals surface area (Å²) in [6, 6.07) is -0.915. The van der Waals surface area contributed by atoms with Crippen molar-refractivity contribution in [3.8, 4) is 0 Å². The second-order valence-electron chi connectivity index (χ2n) is 4.40. The molecule has 100 valence electrons. The molecule has 0 saturated carbocycles. The molecule has 0 aromatic carbocycles. The van der Waals surface area contributed by atoms with Gasteiger partial charge < -0.3 is 20.8 Å². The highest BCUT2D eigenvalue weighted by molar-refractivity contribution is 7.90. The molecule has 17 heavy (non-hydrogen) atoms. The number of carbonyl (C=O) groups is 1. The van der Waals surface area contributed by atoms with Crippen LogP contribution in [0.5, 0.6) is 0 Å². The molecule has 1 aliphatic rings. The number of hydrogen-bond donors (Lipinski definition) is 3. The largest absolute Gasteiger partial charge is 0.388 e. The van der Waals surface area contributed by atoms with E-state index < -0.39 is 34.0 Å². The summed E-state index contributed by atoms with van der Waals surface area (Å²) in [5, 5.41) is 18.6. The van der Waals surface area contributed by atoms with Crippen molar-refractivity contribution >= 4 is 15.7 Å². The maximum absolute atomic E-state index is 11.7. The Bertz CT molecular complexity index is 373. The highest BCUT2D eigenvalue weighted by Crippen LogP contribution is 2.11. The number of aliphatic hydroxyl groups excluding tert-OH is 2. The molecule has 3 unspecified atom stereocenters. The second-order valence-corrected chi connectivity index (χ2v) is 6.66. The van der Waals surface area contributed by atoms with Crippen LogP contribution in [-0.2, 0) is 14.6 Å². The van der Waals surface area contributed by atoms with Crippen LogP contribution in [0.3, 0.4) is 0 Å². The lowest BCUT2D eigenvalue weighted by molar-refractivity contribution is -0.132. The van der Waals surface area contributed by atoms with Crippen LogP contribution in [0.2, 0.25) is 0 Å². The molecule has 0 bridgehead atoms. The fraction of sp³-hybridized carbons (Fsp3) is 0.889. The molecule has 1 heterocycles. The van der Waals surface area contributed by atoms with Gasteiger partial charge in [-0.05, 0) is 6.42 Å². The lowest BCUT2D eigenvalue weighted by atomic mass is 10.2.